The zero-order chi connectivity index (χ0) is 14.7. The number of ketones is 1. The number of ether oxygens (including phenoxy) is 1. The van der Waals surface area contributed by atoms with Gasteiger partial charge in [0.2, 0.25) is 0 Å². The molecule has 1 fully saturated rings. The van der Waals surface area contributed by atoms with E-state index in [2.05, 4.69) is 4.90 Å². The summed E-state index contributed by atoms with van der Waals surface area (Å²) in [4.78, 5) is 14.5. The van der Waals surface area contributed by atoms with Gasteiger partial charge in [-0.05, 0) is 26.0 Å². The number of rotatable bonds is 4. The van der Waals surface area contributed by atoms with E-state index >= 15 is 0 Å². The largest absolute Gasteiger partial charge is 0.394 e. The predicted octanol–water partition coefficient (Wildman–Crippen LogP) is 1.99. The molecule has 3 unspecified atom stereocenters. The number of carbonyl (C=O) groups excluding carboxylic acids is 1. The number of hydrogen-bond acceptors (Lipinski definition) is 4. The maximum Gasteiger partial charge on any atom is 0.179 e. The molecule has 1 aliphatic rings. The number of benzene rings is 1. The molecule has 1 heterocycles. The predicted molar refractivity (Wildman–Crippen MR) is 78.2 cm³/mol. The van der Waals surface area contributed by atoms with Crippen LogP contribution in [0.3, 0.4) is 0 Å². The summed E-state index contributed by atoms with van der Waals surface area (Å²) in [6.45, 7) is 5.05. The molecular formula is C15H20ClNO3. The molecule has 0 aromatic heterocycles. The number of morpholine rings is 1. The van der Waals surface area contributed by atoms with Gasteiger partial charge in [0, 0.05) is 23.7 Å². The molecule has 0 spiro atoms. The standard InChI is InChI=1S/C15H20ClNO3/c1-10-7-17(8-14(9-18)20-10)11(2)15(19)12-4-3-5-13(16)6-12/h3-6,10-11,14,18H,7-9H2,1-2H3. The Balaban J connectivity index is 2.10. The summed E-state index contributed by atoms with van der Waals surface area (Å²) in [7, 11) is 0. The van der Waals surface area contributed by atoms with Gasteiger partial charge in [-0.1, -0.05) is 23.7 Å². The van der Waals surface area contributed by atoms with Crippen LogP contribution >= 0.6 is 11.6 Å². The van der Waals surface area contributed by atoms with E-state index in [1.54, 1.807) is 24.3 Å². The summed E-state index contributed by atoms with van der Waals surface area (Å²) in [6, 6.07) is 6.74. The Morgan fingerprint density at radius 1 is 1.55 bits per heavy atom. The number of carbonyl (C=O) groups is 1. The number of aliphatic hydroxyl groups is 1. The summed E-state index contributed by atoms with van der Waals surface area (Å²) in [5.41, 5.74) is 0.615. The van der Waals surface area contributed by atoms with Gasteiger partial charge >= 0.3 is 0 Å². The molecule has 110 valence electrons. The van der Waals surface area contributed by atoms with Gasteiger partial charge in [0.25, 0.3) is 0 Å². The van der Waals surface area contributed by atoms with Crippen LogP contribution in [0.5, 0.6) is 0 Å². The van der Waals surface area contributed by atoms with Crippen molar-refractivity contribution in [3.8, 4) is 0 Å². The number of Topliss-reactive ketones (excluding diaryl/α,β-unsaturated/α-hetero) is 1. The molecule has 2 rings (SSSR count). The number of hydrogen-bond donors (Lipinski definition) is 1. The van der Waals surface area contributed by atoms with E-state index in [0.717, 1.165) is 0 Å². The highest BCUT2D eigenvalue weighted by atomic mass is 35.5. The minimum atomic E-state index is -0.256. The van der Waals surface area contributed by atoms with Crippen molar-refractivity contribution in [2.45, 2.75) is 32.1 Å². The first-order valence-corrected chi connectivity index (χ1v) is 7.19. The second-order valence-corrected chi connectivity index (χ2v) is 5.69. The third-order valence-electron chi connectivity index (χ3n) is 3.59. The van der Waals surface area contributed by atoms with Crippen molar-refractivity contribution in [3.05, 3.63) is 34.9 Å². The second kappa shape index (κ2) is 6.68. The van der Waals surface area contributed by atoms with E-state index in [1.165, 1.54) is 0 Å². The molecule has 1 saturated heterocycles. The Hall–Kier alpha value is -0.940. The van der Waals surface area contributed by atoms with Gasteiger partial charge in [-0.2, -0.15) is 0 Å². The minimum absolute atomic E-state index is 0.00973. The van der Waals surface area contributed by atoms with Gasteiger partial charge in [0.15, 0.2) is 5.78 Å². The minimum Gasteiger partial charge on any atom is -0.394 e. The van der Waals surface area contributed by atoms with Crippen LogP contribution in [-0.4, -0.2) is 53.7 Å². The summed E-state index contributed by atoms with van der Waals surface area (Å²) < 4.78 is 5.60. The number of halogens is 1. The number of nitrogens with zero attached hydrogens (tertiary/aromatic N) is 1. The van der Waals surface area contributed by atoms with Gasteiger partial charge in [-0.3, -0.25) is 9.69 Å². The first-order chi connectivity index (χ1) is 9.51. The summed E-state index contributed by atoms with van der Waals surface area (Å²) in [5.74, 6) is 0.0401. The smallest absolute Gasteiger partial charge is 0.179 e. The van der Waals surface area contributed by atoms with Crippen LogP contribution in [0.2, 0.25) is 5.02 Å². The summed E-state index contributed by atoms with van der Waals surface area (Å²) in [5, 5.41) is 9.81. The van der Waals surface area contributed by atoms with Crippen LogP contribution in [0.4, 0.5) is 0 Å². The second-order valence-electron chi connectivity index (χ2n) is 5.26. The Morgan fingerprint density at radius 2 is 2.30 bits per heavy atom. The molecule has 1 aromatic carbocycles. The lowest BCUT2D eigenvalue weighted by atomic mass is 10.0. The highest BCUT2D eigenvalue weighted by Gasteiger charge is 2.31. The van der Waals surface area contributed by atoms with Crippen LogP contribution < -0.4 is 0 Å². The molecule has 1 N–H and O–H groups in total. The normalized spacial score (nSPS) is 25.4. The third-order valence-corrected chi connectivity index (χ3v) is 3.83. The quantitative estimate of drug-likeness (QED) is 0.864. The van der Waals surface area contributed by atoms with Crippen LogP contribution in [0.15, 0.2) is 24.3 Å². The van der Waals surface area contributed by atoms with Crippen molar-refractivity contribution in [3.63, 3.8) is 0 Å². The van der Waals surface area contributed by atoms with Crippen LogP contribution in [0, 0.1) is 0 Å². The van der Waals surface area contributed by atoms with Gasteiger partial charge in [-0.25, -0.2) is 0 Å². The van der Waals surface area contributed by atoms with E-state index in [1.807, 2.05) is 13.8 Å². The van der Waals surface area contributed by atoms with Crippen LogP contribution in [0.1, 0.15) is 24.2 Å². The Labute approximate surface area is 124 Å². The average Bonchev–Trinajstić information content (AvgIpc) is 2.45. The lowest BCUT2D eigenvalue weighted by molar-refractivity contribution is -0.100. The molecule has 0 amide bonds. The van der Waals surface area contributed by atoms with Crippen LogP contribution in [-0.2, 0) is 4.74 Å². The fourth-order valence-electron chi connectivity index (χ4n) is 2.55. The zero-order valence-corrected chi connectivity index (χ0v) is 12.5. The van der Waals surface area contributed by atoms with Gasteiger partial charge < -0.3 is 9.84 Å². The Morgan fingerprint density at radius 3 is 2.95 bits per heavy atom. The molecule has 20 heavy (non-hydrogen) atoms. The molecule has 3 atom stereocenters. The van der Waals surface area contributed by atoms with Crippen molar-refractivity contribution in [1.82, 2.24) is 4.90 Å². The molecule has 1 aromatic rings. The monoisotopic (exact) mass is 297 g/mol. The Kier molecular flexibility index (Phi) is 5.16. The maximum atomic E-state index is 12.5. The highest BCUT2D eigenvalue weighted by Crippen LogP contribution is 2.18. The SMILES string of the molecule is CC1CN(C(C)C(=O)c2cccc(Cl)c2)CC(CO)O1. The van der Waals surface area contributed by atoms with Crippen molar-refractivity contribution in [2.24, 2.45) is 0 Å². The van der Waals surface area contributed by atoms with Gasteiger partial charge in [-0.15, -0.1) is 0 Å². The topological polar surface area (TPSA) is 49.8 Å². The van der Waals surface area contributed by atoms with Crippen LogP contribution in [0.25, 0.3) is 0 Å². The fourth-order valence-corrected chi connectivity index (χ4v) is 2.74. The molecule has 5 heteroatoms. The van der Waals surface area contributed by atoms with Crippen molar-refractivity contribution >= 4 is 17.4 Å². The van der Waals surface area contributed by atoms with Crippen molar-refractivity contribution in [2.75, 3.05) is 19.7 Å². The third kappa shape index (κ3) is 3.58. The molecular weight excluding hydrogens is 278 g/mol. The molecule has 0 radical (unpaired) electrons. The fraction of sp³-hybridized carbons (Fsp3) is 0.533. The van der Waals surface area contributed by atoms with Gasteiger partial charge in [0.1, 0.15) is 0 Å². The van der Waals surface area contributed by atoms with Crippen molar-refractivity contribution in [1.29, 1.82) is 0 Å². The molecule has 0 bridgehead atoms. The molecule has 0 aliphatic carbocycles. The van der Waals surface area contributed by atoms with E-state index in [-0.39, 0.29) is 30.6 Å². The van der Waals surface area contributed by atoms with E-state index in [9.17, 15) is 9.90 Å². The lowest BCUT2D eigenvalue weighted by Crippen LogP contribution is -2.53. The zero-order valence-electron chi connectivity index (χ0n) is 11.8. The molecule has 0 saturated carbocycles. The summed E-state index contributed by atoms with van der Waals surface area (Å²) >= 11 is 5.93. The van der Waals surface area contributed by atoms with E-state index in [0.29, 0.717) is 23.7 Å². The highest BCUT2D eigenvalue weighted by molar-refractivity contribution is 6.31. The van der Waals surface area contributed by atoms with Gasteiger partial charge in [0.05, 0.1) is 24.9 Å². The van der Waals surface area contributed by atoms with Crippen molar-refractivity contribution < 1.29 is 14.6 Å². The molecule has 4 nitrogen and oxygen atoms in total. The maximum absolute atomic E-state index is 12.5. The summed E-state index contributed by atoms with van der Waals surface area (Å²) in [6.07, 6.45) is -0.219. The van der Waals surface area contributed by atoms with E-state index in [4.69, 9.17) is 16.3 Å². The number of aliphatic hydroxyl groups excluding tert-OH is 1. The lowest BCUT2D eigenvalue weighted by Gasteiger charge is -2.38. The first-order valence-electron chi connectivity index (χ1n) is 6.81. The first kappa shape index (κ1) is 15.4. The Bertz CT molecular complexity index is 480. The average molecular weight is 298 g/mol. The molecule has 1 aliphatic heterocycles. The van der Waals surface area contributed by atoms with E-state index < -0.39 is 0 Å².